The Hall–Kier alpha value is -4.63. The summed E-state index contributed by atoms with van der Waals surface area (Å²) in [6, 6.07) is 20.7. The predicted molar refractivity (Wildman–Crippen MR) is 148 cm³/mol. The van der Waals surface area contributed by atoms with Crippen LogP contribution >= 0.6 is 0 Å². The number of fused-ring (bicyclic) bond motifs is 3. The van der Waals surface area contributed by atoms with E-state index in [1.54, 1.807) is 6.07 Å². The maximum absolute atomic E-state index is 13.8. The molecule has 208 valence electrons. The molecule has 0 saturated heterocycles. The summed E-state index contributed by atoms with van der Waals surface area (Å²) in [5.74, 6) is -10.2. The van der Waals surface area contributed by atoms with Crippen LogP contribution in [0.25, 0.3) is 11.1 Å². The lowest BCUT2D eigenvalue weighted by Gasteiger charge is -2.48. The minimum atomic E-state index is -2.65. The third-order valence-corrected chi connectivity index (χ3v) is 8.82. The van der Waals surface area contributed by atoms with Gasteiger partial charge in [-0.3, -0.25) is 24.0 Å². The van der Waals surface area contributed by atoms with Crippen LogP contribution in [-0.4, -0.2) is 44.9 Å². The van der Waals surface area contributed by atoms with Gasteiger partial charge in [-0.25, -0.2) is 0 Å². The number of nitrogens with one attached hydrogen (secondary N) is 1. The molecule has 5 N–H and O–H groups in total. The number of amides is 1. The maximum atomic E-state index is 13.8. The molecule has 0 aromatic heterocycles. The number of aromatic hydroxyl groups is 1. The third kappa shape index (κ3) is 4.15. The Morgan fingerprint density at radius 3 is 2.32 bits per heavy atom. The maximum Gasteiger partial charge on any atom is 0.235 e. The van der Waals surface area contributed by atoms with Crippen molar-refractivity contribution in [3.63, 3.8) is 0 Å². The fourth-order valence-electron chi connectivity index (χ4n) is 6.80. The number of carbonyl (C=O) groups excluding carboxylic acids is 5. The molecule has 6 rings (SSSR count). The van der Waals surface area contributed by atoms with Gasteiger partial charge in [0.25, 0.3) is 0 Å². The Morgan fingerprint density at radius 1 is 0.927 bits per heavy atom. The minimum absolute atomic E-state index is 0.0141. The first-order valence-corrected chi connectivity index (χ1v) is 13.5. The number of carbonyl (C=O) groups is 5. The van der Waals surface area contributed by atoms with Gasteiger partial charge < -0.3 is 21.3 Å². The van der Waals surface area contributed by atoms with Crippen LogP contribution in [0.3, 0.4) is 0 Å². The van der Waals surface area contributed by atoms with Gasteiger partial charge in [0, 0.05) is 24.6 Å². The number of nitrogens with two attached hydrogens (primary N) is 1. The van der Waals surface area contributed by atoms with Crippen molar-refractivity contribution in [1.29, 1.82) is 0 Å². The number of Topliss-reactive ketones (excluding diaryl/α,β-unsaturated/α-hetero) is 4. The van der Waals surface area contributed by atoms with Crippen molar-refractivity contribution < 1.29 is 34.2 Å². The number of para-hydroxylation sites is 1. The van der Waals surface area contributed by atoms with Crippen LogP contribution in [0, 0.1) is 23.7 Å². The van der Waals surface area contributed by atoms with Crippen LogP contribution < -0.4 is 11.1 Å². The van der Waals surface area contributed by atoms with Gasteiger partial charge in [-0.2, -0.15) is 0 Å². The Kier molecular flexibility index (Phi) is 6.34. The summed E-state index contributed by atoms with van der Waals surface area (Å²) in [4.78, 5) is 64.9. The number of hydrogen-bond donors (Lipinski definition) is 4. The van der Waals surface area contributed by atoms with E-state index in [1.165, 1.54) is 6.07 Å². The number of aliphatic hydroxyl groups is 1. The first-order valence-electron chi connectivity index (χ1n) is 13.5. The molecule has 2 unspecified atom stereocenters. The quantitative estimate of drug-likeness (QED) is 0.351. The summed E-state index contributed by atoms with van der Waals surface area (Å²) in [5.41, 5.74) is 6.73. The van der Waals surface area contributed by atoms with E-state index in [2.05, 4.69) is 5.32 Å². The van der Waals surface area contributed by atoms with Gasteiger partial charge in [-0.1, -0.05) is 48.5 Å². The number of anilines is 1. The van der Waals surface area contributed by atoms with Crippen molar-refractivity contribution >= 4 is 34.7 Å². The highest BCUT2D eigenvalue weighted by molar-refractivity contribution is 6.31. The van der Waals surface area contributed by atoms with Gasteiger partial charge in [0.2, 0.25) is 5.91 Å². The van der Waals surface area contributed by atoms with Gasteiger partial charge in [-0.15, -0.1) is 0 Å². The Balaban J connectivity index is 1.32. The van der Waals surface area contributed by atoms with Crippen LogP contribution in [0.4, 0.5) is 5.69 Å². The number of rotatable bonds is 5. The zero-order valence-corrected chi connectivity index (χ0v) is 22.0. The predicted octanol–water partition coefficient (Wildman–Crippen LogP) is 2.61. The van der Waals surface area contributed by atoms with E-state index < -0.39 is 58.3 Å². The second-order valence-electron chi connectivity index (χ2n) is 11.1. The largest absolute Gasteiger partial charge is 0.507 e. The molecule has 41 heavy (non-hydrogen) atoms. The van der Waals surface area contributed by atoms with Crippen molar-refractivity contribution in [3.8, 4) is 16.9 Å². The van der Waals surface area contributed by atoms with Crippen LogP contribution in [0.5, 0.6) is 5.75 Å². The van der Waals surface area contributed by atoms with Crippen molar-refractivity contribution in [1.82, 2.24) is 0 Å². The molecular formula is C32H28N2O7. The zero-order valence-electron chi connectivity index (χ0n) is 22.0. The number of primary amides is 1. The lowest BCUT2D eigenvalue weighted by Crippen LogP contribution is -2.68. The van der Waals surface area contributed by atoms with E-state index >= 15 is 0 Å². The Bertz CT molecular complexity index is 1610. The smallest absolute Gasteiger partial charge is 0.235 e. The summed E-state index contributed by atoms with van der Waals surface area (Å²) < 4.78 is 0. The highest BCUT2D eigenvalue weighted by atomic mass is 16.3. The lowest BCUT2D eigenvalue weighted by atomic mass is 9.53. The van der Waals surface area contributed by atoms with E-state index in [-0.39, 0.29) is 30.6 Å². The molecule has 9 nitrogen and oxygen atoms in total. The van der Waals surface area contributed by atoms with Gasteiger partial charge in [-0.05, 0) is 59.2 Å². The first kappa shape index (κ1) is 26.6. The molecule has 3 aromatic carbocycles. The van der Waals surface area contributed by atoms with Crippen molar-refractivity contribution in [2.75, 3.05) is 5.32 Å². The van der Waals surface area contributed by atoms with Crippen LogP contribution in [0.2, 0.25) is 0 Å². The molecule has 3 aliphatic carbocycles. The van der Waals surface area contributed by atoms with Crippen molar-refractivity contribution in [3.05, 3.63) is 83.4 Å². The van der Waals surface area contributed by atoms with Crippen LogP contribution in [0.1, 0.15) is 34.3 Å². The highest BCUT2D eigenvalue weighted by Crippen LogP contribution is 2.51. The normalized spacial score (nSPS) is 27.0. The monoisotopic (exact) mass is 552 g/mol. The lowest BCUT2D eigenvalue weighted by molar-refractivity contribution is -0.175. The average Bonchev–Trinajstić information content (AvgIpc) is 2.95. The Morgan fingerprint density at radius 2 is 1.63 bits per heavy atom. The molecule has 1 amide bonds. The van der Waals surface area contributed by atoms with Gasteiger partial charge >= 0.3 is 0 Å². The second kappa shape index (κ2) is 9.78. The molecule has 0 spiro atoms. The minimum Gasteiger partial charge on any atom is -0.507 e. The van der Waals surface area contributed by atoms with Crippen LogP contribution in [-0.2, 0) is 32.1 Å². The molecule has 0 heterocycles. The molecule has 3 aliphatic rings. The molecule has 3 aromatic rings. The number of phenolic OH excluding ortho intramolecular Hbond substituents is 1. The Labute approximate surface area is 235 Å². The number of phenols is 1. The van der Waals surface area contributed by atoms with E-state index in [1.807, 2.05) is 54.6 Å². The van der Waals surface area contributed by atoms with Gasteiger partial charge in [0.1, 0.15) is 5.75 Å². The molecule has 2 fully saturated rings. The average molecular weight is 553 g/mol. The zero-order chi connectivity index (χ0) is 29.1. The third-order valence-electron chi connectivity index (χ3n) is 8.82. The molecule has 0 radical (unpaired) electrons. The summed E-state index contributed by atoms with van der Waals surface area (Å²) in [7, 11) is 0. The molecule has 0 aliphatic heterocycles. The highest BCUT2D eigenvalue weighted by Gasteiger charge is 2.66. The van der Waals surface area contributed by atoms with Gasteiger partial charge in [0.05, 0.1) is 11.5 Å². The van der Waals surface area contributed by atoms with Crippen LogP contribution in [0.15, 0.2) is 66.7 Å². The molecule has 5 atom stereocenters. The van der Waals surface area contributed by atoms with E-state index in [0.29, 0.717) is 12.1 Å². The fraction of sp³-hybridized carbons (Fsp3) is 0.281. The van der Waals surface area contributed by atoms with Crippen molar-refractivity contribution in [2.45, 2.75) is 31.4 Å². The first-order chi connectivity index (χ1) is 19.6. The molecular weight excluding hydrogens is 524 g/mol. The van der Waals surface area contributed by atoms with Gasteiger partial charge in [0.15, 0.2) is 34.7 Å². The number of benzene rings is 3. The van der Waals surface area contributed by atoms with Crippen molar-refractivity contribution in [2.24, 2.45) is 29.4 Å². The van der Waals surface area contributed by atoms with E-state index in [0.717, 1.165) is 22.4 Å². The van der Waals surface area contributed by atoms with E-state index in [4.69, 9.17) is 5.73 Å². The topological polar surface area (TPSA) is 164 Å². The number of hydrogen-bond acceptors (Lipinski definition) is 8. The molecule has 2 saturated carbocycles. The number of ketones is 4. The fourth-order valence-corrected chi connectivity index (χ4v) is 6.80. The molecule has 0 bridgehead atoms. The summed E-state index contributed by atoms with van der Waals surface area (Å²) in [6.45, 7) is 0.612. The SMILES string of the molecule is NC(=O)C1C(=O)C[C@@H]2C[C@@H]3Cc4c(-c5ccc(CNc6ccccc6)cc5)ccc(O)c4C(=O)C3C(=O)[C@]2(O)C1=O. The summed E-state index contributed by atoms with van der Waals surface area (Å²) in [5, 5.41) is 25.4. The summed E-state index contributed by atoms with van der Waals surface area (Å²) >= 11 is 0. The second-order valence-corrected chi connectivity index (χ2v) is 11.1. The van der Waals surface area contributed by atoms with E-state index in [9.17, 15) is 34.2 Å². The standard InChI is InChI=1S/C32H28N2O7/c33-31(40)27-24(36)14-19-12-18-13-22-21(17-8-6-16(7-9-17)15-34-20-4-2-1-3-5-20)10-11-23(35)26(22)28(37)25(18)29(38)32(19,41)30(27)39/h1-11,18-19,25,27,34-35,41H,12-15H2,(H2,33,40)/t18-,19+,25?,27?,32+/m1/s1. The summed E-state index contributed by atoms with van der Waals surface area (Å²) in [6.07, 6.45) is -0.0792. The molecule has 9 heteroatoms.